The predicted molar refractivity (Wildman–Crippen MR) is 72.7 cm³/mol. The fourth-order valence-electron chi connectivity index (χ4n) is 1.75. The number of aryl methyl sites for hydroxylation is 2. The molecule has 1 N–H and O–H groups in total. The Labute approximate surface area is 109 Å². The molecule has 0 unspecified atom stereocenters. The Morgan fingerprint density at radius 2 is 1.89 bits per heavy atom. The molecule has 0 aromatic heterocycles. The number of carbonyl (C=O) groups is 2. The van der Waals surface area contributed by atoms with Gasteiger partial charge in [0.2, 0.25) is 5.91 Å². The van der Waals surface area contributed by atoms with E-state index in [0.717, 1.165) is 11.1 Å². The molecule has 0 aliphatic rings. The average Bonchev–Trinajstić information content (AvgIpc) is 2.28. The molecule has 0 heterocycles. The quantitative estimate of drug-likeness (QED) is 0.813. The Morgan fingerprint density at radius 1 is 1.22 bits per heavy atom. The molecule has 0 aliphatic carbocycles. The summed E-state index contributed by atoms with van der Waals surface area (Å²) in [5.74, 6) is 0.206. The topological polar surface area (TPSA) is 46.2 Å². The fraction of sp³-hybridized carbons (Fsp3) is 0.467. The third-order valence-corrected chi connectivity index (χ3v) is 2.73. The first kappa shape index (κ1) is 14.4. The van der Waals surface area contributed by atoms with E-state index in [-0.39, 0.29) is 18.2 Å². The number of hydrogen-bond acceptors (Lipinski definition) is 2. The van der Waals surface area contributed by atoms with Crippen molar-refractivity contribution in [3.05, 3.63) is 34.9 Å². The zero-order valence-corrected chi connectivity index (χ0v) is 11.5. The molecule has 18 heavy (non-hydrogen) atoms. The first-order valence-corrected chi connectivity index (χ1v) is 6.27. The maximum Gasteiger partial charge on any atom is 0.220 e. The molecular weight excluding hydrogens is 226 g/mol. The molecule has 0 atom stereocenters. The van der Waals surface area contributed by atoms with E-state index >= 15 is 0 Å². The van der Waals surface area contributed by atoms with E-state index in [2.05, 4.69) is 5.32 Å². The molecule has 3 heteroatoms. The van der Waals surface area contributed by atoms with Crippen LogP contribution < -0.4 is 5.32 Å². The first-order chi connectivity index (χ1) is 8.40. The van der Waals surface area contributed by atoms with E-state index < -0.39 is 0 Å². The first-order valence-electron chi connectivity index (χ1n) is 6.27. The molecule has 1 aromatic rings. The van der Waals surface area contributed by atoms with Gasteiger partial charge in [-0.15, -0.1) is 0 Å². The summed E-state index contributed by atoms with van der Waals surface area (Å²) in [6.45, 7) is 7.89. The van der Waals surface area contributed by atoms with Crippen molar-refractivity contribution >= 4 is 11.7 Å². The number of amides is 1. The van der Waals surface area contributed by atoms with Crippen molar-refractivity contribution in [2.24, 2.45) is 5.92 Å². The van der Waals surface area contributed by atoms with Gasteiger partial charge in [0.1, 0.15) is 0 Å². The van der Waals surface area contributed by atoms with Gasteiger partial charge in [-0.05, 0) is 31.4 Å². The van der Waals surface area contributed by atoms with Gasteiger partial charge in [0, 0.05) is 12.0 Å². The third kappa shape index (κ3) is 4.32. The molecule has 0 spiro atoms. The van der Waals surface area contributed by atoms with E-state index in [4.69, 9.17) is 0 Å². The minimum Gasteiger partial charge on any atom is -0.349 e. The zero-order valence-electron chi connectivity index (χ0n) is 11.5. The largest absolute Gasteiger partial charge is 0.349 e. The molecule has 98 valence electrons. The number of rotatable bonds is 5. The number of ketones is 1. The lowest BCUT2D eigenvalue weighted by Gasteiger charge is -2.09. The van der Waals surface area contributed by atoms with Gasteiger partial charge in [-0.3, -0.25) is 9.59 Å². The van der Waals surface area contributed by atoms with Crippen molar-refractivity contribution in [3.63, 3.8) is 0 Å². The van der Waals surface area contributed by atoms with Gasteiger partial charge in [-0.2, -0.15) is 0 Å². The molecule has 1 amide bonds. The molecular formula is C15H21NO2. The smallest absolute Gasteiger partial charge is 0.220 e. The van der Waals surface area contributed by atoms with E-state index in [1.54, 1.807) is 0 Å². The van der Waals surface area contributed by atoms with Crippen LogP contribution in [-0.4, -0.2) is 18.2 Å². The van der Waals surface area contributed by atoms with Gasteiger partial charge in [0.05, 0.1) is 6.54 Å². The summed E-state index contributed by atoms with van der Waals surface area (Å²) in [7, 11) is 0. The Hall–Kier alpha value is -1.64. The van der Waals surface area contributed by atoms with Crippen LogP contribution in [0.2, 0.25) is 0 Å². The monoisotopic (exact) mass is 247 g/mol. The van der Waals surface area contributed by atoms with E-state index in [9.17, 15) is 9.59 Å². The van der Waals surface area contributed by atoms with Crippen molar-refractivity contribution < 1.29 is 9.59 Å². The van der Waals surface area contributed by atoms with Gasteiger partial charge < -0.3 is 5.32 Å². The van der Waals surface area contributed by atoms with Gasteiger partial charge in [-0.25, -0.2) is 0 Å². The van der Waals surface area contributed by atoms with Crippen LogP contribution in [0.3, 0.4) is 0 Å². The van der Waals surface area contributed by atoms with Crippen molar-refractivity contribution in [3.8, 4) is 0 Å². The van der Waals surface area contributed by atoms with Crippen LogP contribution in [0.5, 0.6) is 0 Å². The highest BCUT2D eigenvalue weighted by Crippen LogP contribution is 2.11. The summed E-state index contributed by atoms with van der Waals surface area (Å²) in [5, 5.41) is 2.67. The van der Waals surface area contributed by atoms with E-state index in [1.165, 1.54) is 0 Å². The minimum absolute atomic E-state index is 0.0340. The van der Waals surface area contributed by atoms with E-state index in [1.807, 2.05) is 45.9 Å². The van der Waals surface area contributed by atoms with Gasteiger partial charge in [0.15, 0.2) is 5.78 Å². The van der Waals surface area contributed by atoms with Crippen molar-refractivity contribution in [1.82, 2.24) is 5.32 Å². The number of Topliss-reactive ketones (excluding diaryl/α,β-unsaturated/α-hetero) is 1. The molecule has 3 nitrogen and oxygen atoms in total. The maximum absolute atomic E-state index is 12.0. The second-order valence-corrected chi connectivity index (χ2v) is 5.12. The maximum atomic E-state index is 12.0. The Balaban J connectivity index is 2.60. The SMILES string of the molecule is Cc1ccc(C)c(C(=O)CNC(=O)CC(C)C)c1. The van der Waals surface area contributed by atoms with E-state index in [0.29, 0.717) is 17.9 Å². The second kappa shape index (κ2) is 6.34. The number of carbonyl (C=O) groups excluding carboxylic acids is 2. The average molecular weight is 247 g/mol. The van der Waals surface area contributed by atoms with Crippen LogP contribution in [0.15, 0.2) is 18.2 Å². The normalized spacial score (nSPS) is 10.5. The predicted octanol–water partition coefficient (Wildman–Crippen LogP) is 2.65. The number of nitrogens with one attached hydrogen (secondary N) is 1. The fourth-order valence-corrected chi connectivity index (χ4v) is 1.75. The summed E-state index contributed by atoms with van der Waals surface area (Å²) in [4.78, 5) is 23.5. The number of benzene rings is 1. The lowest BCUT2D eigenvalue weighted by Crippen LogP contribution is -2.30. The van der Waals surface area contributed by atoms with Crippen molar-refractivity contribution in [1.29, 1.82) is 0 Å². The second-order valence-electron chi connectivity index (χ2n) is 5.12. The molecule has 0 bridgehead atoms. The highest BCUT2D eigenvalue weighted by atomic mass is 16.2. The highest BCUT2D eigenvalue weighted by molar-refractivity contribution is 6.00. The third-order valence-electron chi connectivity index (χ3n) is 2.73. The lowest BCUT2D eigenvalue weighted by atomic mass is 10.0. The standard InChI is InChI=1S/C15H21NO2/c1-10(2)7-15(18)16-9-14(17)13-8-11(3)5-6-12(13)4/h5-6,8,10H,7,9H2,1-4H3,(H,16,18). The summed E-state index contributed by atoms with van der Waals surface area (Å²) < 4.78 is 0. The zero-order chi connectivity index (χ0) is 13.7. The minimum atomic E-state index is -0.0661. The molecule has 0 aliphatic heterocycles. The molecule has 0 fully saturated rings. The van der Waals surface area contributed by atoms with Gasteiger partial charge in [0.25, 0.3) is 0 Å². The van der Waals surface area contributed by atoms with Crippen LogP contribution >= 0.6 is 0 Å². The van der Waals surface area contributed by atoms with Crippen LogP contribution in [-0.2, 0) is 4.79 Å². The Kier molecular flexibility index (Phi) is 5.08. The molecule has 0 saturated carbocycles. The van der Waals surface area contributed by atoms with Crippen molar-refractivity contribution in [2.45, 2.75) is 34.1 Å². The Morgan fingerprint density at radius 3 is 2.50 bits per heavy atom. The summed E-state index contributed by atoms with van der Waals surface area (Å²) in [5.41, 5.74) is 2.70. The summed E-state index contributed by atoms with van der Waals surface area (Å²) in [6, 6.07) is 5.77. The lowest BCUT2D eigenvalue weighted by molar-refractivity contribution is -0.121. The highest BCUT2D eigenvalue weighted by Gasteiger charge is 2.11. The van der Waals surface area contributed by atoms with Crippen LogP contribution in [0, 0.1) is 19.8 Å². The number of hydrogen-bond donors (Lipinski definition) is 1. The molecule has 1 aromatic carbocycles. The van der Waals surface area contributed by atoms with Crippen LogP contribution in [0.4, 0.5) is 0 Å². The molecule has 0 radical (unpaired) electrons. The molecule has 0 saturated heterocycles. The van der Waals surface area contributed by atoms with Gasteiger partial charge in [-0.1, -0.05) is 31.5 Å². The summed E-state index contributed by atoms with van der Waals surface area (Å²) >= 11 is 0. The molecule has 1 rings (SSSR count). The van der Waals surface area contributed by atoms with Gasteiger partial charge >= 0.3 is 0 Å². The Bertz CT molecular complexity index is 450. The van der Waals surface area contributed by atoms with Crippen molar-refractivity contribution in [2.75, 3.05) is 6.54 Å². The summed E-state index contributed by atoms with van der Waals surface area (Å²) in [6.07, 6.45) is 0.458. The van der Waals surface area contributed by atoms with Crippen LogP contribution in [0.25, 0.3) is 0 Å². The van der Waals surface area contributed by atoms with Crippen LogP contribution in [0.1, 0.15) is 41.8 Å².